The highest BCUT2D eigenvalue weighted by Crippen LogP contribution is 2.33. The highest BCUT2D eigenvalue weighted by molar-refractivity contribution is 7.16. The number of hydrogen-bond donors (Lipinski definition) is 1. The maximum atomic E-state index is 4.80. The van der Waals surface area contributed by atoms with Gasteiger partial charge in [-0.2, -0.15) is 0 Å². The van der Waals surface area contributed by atoms with E-state index in [4.69, 9.17) is 4.98 Å². The fourth-order valence-corrected chi connectivity index (χ4v) is 3.39. The molecule has 2 nitrogen and oxygen atoms in total. The van der Waals surface area contributed by atoms with E-state index in [0.29, 0.717) is 0 Å². The third-order valence-corrected chi connectivity index (χ3v) is 4.62. The average Bonchev–Trinajstić information content (AvgIpc) is 2.82. The Hall–Kier alpha value is -2.13. The topological polar surface area (TPSA) is 24.9 Å². The number of rotatable bonds is 3. The van der Waals surface area contributed by atoms with E-state index < -0.39 is 0 Å². The molecule has 0 aliphatic heterocycles. The zero-order valence-corrected chi connectivity index (χ0v) is 14.2. The SMILES string of the molecule is Cc1ccc(Nc2nc(-c3ccc(C)cc3C)c(C)s2)cc1. The molecule has 0 aliphatic carbocycles. The van der Waals surface area contributed by atoms with Gasteiger partial charge in [0.25, 0.3) is 0 Å². The van der Waals surface area contributed by atoms with Gasteiger partial charge in [-0.15, -0.1) is 11.3 Å². The van der Waals surface area contributed by atoms with Gasteiger partial charge in [0.1, 0.15) is 0 Å². The van der Waals surface area contributed by atoms with E-state index in [1.807, 2.05) is 0 Å². The van der Waals surface area contributed by atoms with Crippen molar-refractivity contribution in [3.63, 3.8) is 0 Å². The van der Waals surface area contributed by atoms with Gasteiger partial charge in [0.2, 0.25) is 0 Å². The van der Waals surface area contributed by atoms with E-state index in [1.54, 1.807) is 11.3 Å². The first-order chi connectivity index (χ1) is 10.5. The molecule has 0 saturated carbocycles. The zero-order chi connectivity index (χ0) is 15.7. The molecule has 0 unspecified atom stereocenters. The van der Waals surface area contributed by atoms with Crippen molar-refractivity contribution >= 4 is 22.2 Å². The molecule has 0 spiro atoms. The van der Waals surface area contributed by atoms with Crippen LogP contribution in [0.4, 0.5) is 10.8 Å². The first kappa shape index (κ1) is 14.8. The molecule has 0 amide bonds. The van der Waals surface area contributed by atoms with Crippen molar-refractivity contribution in [1.82, 2.24) is 4.98 Å². The normalized spacial score (nSPS) is 10.7. The second kappa shape index (κ2) is 5.93. The van der Waals surface area contributed by atoms with Gasteiger partial charge in [0.05, 0.1) is 5.69 Å². The predicted octanol–water partition coefficient (Wildman–Crippen LogP) is 5.79. The van der Waals surface area contributed by atoms with Crippen LogP contribution in [0.3, 0.4) is 0 Å². The first-order valence-electron chi connectivity index (χ1n) is 7.41. The van der Waals surface area contributed by atoms with Crippen molar-refractivity contribution in [2.45, 2.75) is 27.7 Å². The fourth-order valence-electron chi connectivity index (χ4n) is 2.54. The minimum atomic E-state index is 0.941. The monoisotopic (exact) mass is 308 g/mol. The van der Waals surface area contributed by atoms with E-state index in [9.17, 15) is 0 Å². The molecule has 1 aromatic heterocycles. The molecule has 112 valence electrons. The summed E-state index contributed by atoms with van der Waals surface area (Å²) in [5.74, 6) is 0. The predicted molar refractivity (Wildman–Crippen MR) is 96.2 cm³/mol. The van der Waals surface area contributed by atoms with Crippen LogP contribution in [0.25, 0.3) is 11.3 Å². The van der Waals surface area contributed by atoms with Gasteiger partial charge < -0.3 is 5.32 Å². The van der Waals surface area contributed by atoms with Crippen molar-refractivity contribution < 1.29 is 0 Å². The summed E-state index contributed by atoms with van der Waals surface area (Å²) >= 11 is 1.70. The Morgan fingerprint density at radius 1 is 0.864 bits per heavy atom. The lowest BCUT2D eigenvalue weighted by Crippen LogP contribution is -1.90. The number of aromatic nitrogens is 1. The van der Waals surface area contributed by atoms with Crippen LogP contribution in [-0.2, 0) is 0 Å². The van der Waals surface area contributed by atoms with Crippen LogP contribution >= 0.6 is 11.3 Å². The number of benzene rings is 2. The smallest absolute Gasteiger partial charge is 0.187 e. The van der Waals surface area contributed by atoms with Crippen LogP contribution in [0.1, 0.15) is 21.6 Å². The van der Waals surface area contributed by atoms with Crippen molar-refractivity contribution in [1.29, 1.82) is 0 Å². The second-order valence-electron chi connectivity index (χ2n) is 5.73. The van der Waals surface area contributed by atoms with Crippen LogP contribution < -0.4 is 5.32 Å². The number of anilines is 2. The van der Waals surface area contributed by atoms with E-state index in [1.165, 1.54) is 27.1 Å². The molecule has 3 heteroatoms. The van der Waals surface area contributed by atoms with Gasteiger partial charge in [-0.1, -0.05) is 41.5 Å². The quantitative estimate of drug-likeness (QED) is 0.662. The molecule has 22 heavy (non-hydrogen) atoms. The number of hydrogen-bond acceptors (Lipinski definition) is 3. The van der Waals surface area contributed by atoms with Gasteiger partial charge in [-0.3, -0.25) is 0 Å². The molecule has 3 aromatic rings. The van der Waals surface area contributed by atoms with Gasteiger partial charge >= 0.3 is 0 Å². The Labute approximate surface area is 135 Å². The maximum absolute atomic E-state index is 4.80. The lowest BCUT2D eigenvalue weighted by molar-refractivity contribution is 1.31. The molecule has 0 atom stereocenters. The van der Waals surface area contributed by atoms with E-state index in [2.05, 4.69) is 75.5 Å². The van der Waals surface area contributed by atoms with Crippen molar-refractivity contribution in [2.24, 2.45) is 0 Å². The number of aryl methyl sites for hydroxylation is 4. The van der Waals surface area contributed by atoms with Crippen molar-refractivity contribution in [2.75, 3.05) is 5.32 Å². The van der Waals surface area contributed by atoms with E-state index in [0.717, 1.165) is 16.5 Å². The van der Waals surface area contributed by atoms with E-state index in [-0.39, 0.29) is 0 Å². The Kier molecular flexibility index (Phi) is 3.99. The van der Waals surface area contributed by atoms with Crippen LogP contribution in [0.2, 0.25) is 0 Å². The van der Waals surface area contributed by atoms with Crippen LogP contribution in [0.15, 0.2) is 42.5 Å². The number of nitrogens with one attached hydrogen (secondary N) is 1. The van der Waals surface area contributed by atoms with Crippen LogP contribution in [0, 0.1) is 27.7 Å². The Balaban J connectivity index is 1.92. The zero-order valence-electron chi connectivity index (χ0n) is 13.4. The molecule has 0 saturated heterocycles. The molecule has 0 bridgehead atoms. The average molecular weight is 308 g/mol. The third kappa shape index (κ3) is 3.04. The molecule has 1 N–H and O–H groups in total. The summed E-state index contributed by atoms with van der Waals surface area (Å²) < 4.78 is 0. The summed E-state index contributed by atoms with van der Waals surface area (Å²) in [5.41, 5.74) is 7.19. The minimum absolute atomic E-state index is 0.941. The largest absolute Gasteiger partial charge is 0.332 e. The molecule has 3 rings (SSSR count). The standard InChI is InChI=1S/C19H20N2S/c1-12-5-8-16(9-6-12)20-19-21-18(15(4)22-19)17-10-7-13(2)11-14(17)3/h5-11H,1-4H3,(H,20,21). The maximum Gasteiger partial charge on any atom is 0.187 e. The fraction of sp³-hybridized carbons (Fsp3) is 0.211. The summed E-state index contributed by atoms with van der Waals surface area (Å²) in [4.78, 5) is 6.03. The van der Waals surface area contributed by atoms with Crippen molar-refractivity contribution in [3.8, 4) is 11.3 Å². The molecular weight excluding hydrogens is 288 g/mol. The summed E-state index contributed by atoms with van der Waals surface area (Å²) in [5, 5.41) is 4.34. The van der Waals surface area contributed by atoms with Gasteiger partial charge in [-0.05, 0) is 45.4 Å². The number of thiazole rings is 1. The van der Waals surface area contributed by atoms with Crippen LogP contribution in [0.5, 0.6) is 0 Å². The van der Waals surface area contributed by atoms with Crippen molar-refractivity contribution in [3.05, 3.63) is 64.0 Å². The molecule has 0 fully saturated rings. The van der Waals surface area contributed by atoms with Gasteiger partial charge in [0.15, 0.2) is 5.13 Å². The molecule has 0 aliphatic rings. The van der Waals surface area contributed by atoms with Crippen LogP contribution in [-0.4, -0.2) is 4.98 Å². The van der Waals surface area contributed by atoms with Gasteiger partial charge in [-0.25, -0.2) is 4.98 Å². The lowest BCUT2D eigenvalue weighted by atomic mass is 10.0. The molecular formula is C19H20N2S. The summed E-state index contributed by atoms with van der Waals surface area (Å²) in [6, 6.07) is 14.9. The highest BCUT2D eigenvalue weighted by atomic mass is 32.1. The summed E-state index contributed by atoms with van der Waals surface area (Å²) in [6.07, 6.45) is 0. The molecule has 1 heterocycles. The second-order valence-corrected chi connectivity index (χ2v) is 6.94. The lowest BCUT2D eigenvalue weighted by Gasteiger charge is -2.05. The summed E-state index contributed by atoms with van der Waals surface area (Å²) in [6.45, 7) is 8.49. The Morgan fingerprint density at radius 2 is 1.55 bits per heavy atom. The number of nitrogens with zero attached hydrogens (tertiary/aromatic N) is 1. The van der Waals surface area contributed by atoms with Gasteiger partial charge in [0, 0.05) is 16.1 Å². The Bertz CT molecular complexity index is 801. The van der Waals surface area contributed by atoms with E-state index >= 15 is 0 Å². The first-order valence-corrected chi connectivity index (χ1v) is 8.23. The highest BCUT2D eigenvalue weighted by Gasteiger charge is 2.12. The summed E-state index contributed by atoms with van der Waals surface area (Å²) in [7, 11) is 0. The Morgan fingerprint density at radius 3 is 2.23 bits per heavy atom. The minimum Gasteiger partial charge on any atom is -0.332 e. The third-order valence-electron chi connectivity index (χ3n) is 3.74. The molecule has 2 aromatic carbocycles. The molecule has 0 radical (unpaired) electrons.